The van der Waals surface area contributed by atoms with Crippen LogP contribution < -0.4 is 10.2 Å². The highest BCUT2D eigenvalue weighted by Crippen LogP contribution is 2.42. The Balaban J connectivity index is 1.59. The lowest BCUT2D eigenvalue weighted by Crippen LogP contribution is -2.63. The second-order valence-corrected chi connectivity index (χ2v) is 10.2. The Hall–Kier alpha value is -2.56. The summed E-state index contributed by atoms with van der Waals surface area (Å²) in [4.78, 5) is 33.6. The Bertz CT molecular complexity index is 1160. The van der Waals surface area contributed by atoms with E-state index in [1.807, 2.05) is 4.90 Å². The molecule has 0 radical (unpaired) electrons. The number of hydrogen-bond acceptors (Lipinski definition) is 5. The average Bonchev–Trinajstić information content (AvgIpc) is 3.30. The SMILES string of the molecule is CCN(C(=O)O)[C@]1(C(=O)C2CCN(c3ccc(C(F)(F)F)cn3)CC2)CNC[C@H]1c1ccc(Cl)c(Cl)c1. The van der Waals surface area contributed by atoms with Crippen molar-refractivity contribution in [3.05, 3.63) is 57.7 Å². The number of amides is 1. The van der Waals surface area contributed by atoms with Crippen molar-refractivity contribution in [2.45, 2.75) is 37.4 Å². The molecule has 4 rings (SSSR count). The van der Waals surface area contributed by atoms with E-state index in [4.69, 9.17) is 23.2 Å². The first-order valence-corrected chi connectivity index (χ1v) is 12.7. The molecule has 0 saturated carbocycles. The van der Waals surface area contributed by atoms with Crippen molar-refractivity contribution in [1.29, 1.82) is 0 Å². The number of alkyl halides is 3. The summed E-state index contributed by atoms with van der Waals surface area (Å²) < 4.78 is 38.6. The van der Waals surface area contributed by atoms with Crippen molar-refractivity contribution in [2.24, 2.45) is 5.92 Å². The Morgan fingerprint density at radius 2 is 1.89 bits per heavy atom. The molecule has 1 aromatic carbocycles. The molecule has 0 bridgehead atoms. The highest BCUT2D eigenvalue weighted by Gasteiger charge is 2.56. The number of nitrogens with one attached hydrogen (secondary N) is 1. The van der Waals surface area contributed by atoms with Gasteiger partial charge in [0, 0.05) is 50.8 Å². The Morgan fingerprint density at radius 1 is 1.19 bits per heavy atom. The van der Waals surface area contributed by atoms with Crippen LogP contribution in [0.4, 0.5) is 23.8 Å². The summed E-state index contributed by atoms with van der Waals surface area (Å²) >= 11 is 12.4. The Kier molecular flexibility index (Phi) is 7.92. The highest BCUT2D eigenvalue weighted by atomic mass is 35.5. The van der Waals surface area contributed by atoms with E-state index in [0.717, 1.165) is 17.8 Å². The zero-order chi connectivity index (χ0) is 27.0. The number of carbonyl (C=O) groups is 2. The lowest BCUT2D eigenvalue weighted by Gasteiger charge is -2.45. The van der Waals surface area contributed by atoms with Crippen LogP contribution in [-0.2, 0) is 11.0 Å². The quantitative estimate of drug-likeness (QED) is 0.499. The van der Waals surface area contributed by atoms with Gasteiger partial charge in [0.15, 0.2) is 5.78 Å². The van der Waals surface area contributed by atoms with Gasteiger partial charge in [0.1, 0.15) is 11.4 Å². The van der Waals surface area contributed by atoms with Crippen molar-refractivity contribution in [3.8, 4) is 0 Å². The van der Waals surface area contributed by atoms with Crippen LogP contribution >= 0.6 is 23.2 Å². The summed E-state index contributed by atoms with van der Waals surface area (Å²) in [5.41, 5.74) is -1.44. The van der Waals surface area contributed by atoms with Crippen molar-refractivity contribution in [2.75, 3.05) is 37.6 Å². The summed E-state index contributed by atoms with van der Waals surface area (Å²) in [5, 5.41) is 14.0. The van der Waals surface area contributed by atoms with Crippen molar-refractivity contribution in [1.82, 2.24) is 15.2 Å². The van der Waals surface area contributed by atoms with Gasteiger partial charge in [-0.1, -0.05) is 29.3 Å². The van der Waals surface area contributed by atoms with E-state index in [2.05, 4.69) is 10.3 Å². The molecular weight excluding hydrogens is 532 g/mol. The number of likely N-dealkylation sites (N-methyl/N-ethyl adjacent to an activating group) is 1. The van der Waals surface area contributed by atoms with E-state index in [-0.39, 0.29) is 18.9 Å². The first-order chi connectivity index (χ1) is 17.5. The zero-order valence-electron chi connectivity index (χ0n) is 20.1. The molecule has 12 heteroatoms. The van der Waals surface area contributed by atoms with Crippen LogP contribution in [0, 0.1) is 5.92 Å². The molecule has 2 N–H and O–H groups in total. The van der Waals surface area contributed by atoms with Gasteiger partial charge in [0.05, 0.1) is 15.6 Å². The summed E-state index contributed by atoms with van der Waals surface area (Å²) in [6.07, 6.45) is -3.99. The van der Waals surface area contributed by atoms with Crippen LogP contribution in [0.5, 0.6) is 0 Å². The fourth-order valence-electron chi connectivity index (χ4n) is 5.55. The number of benzene rings is 1. The molecule has 2 aliphatic rings. The molecule has 3 heterocycles. The van der Waals surface area contributed by atoms with Gasteiger partial charge >= 0.3 is 12.3 Å². The fraction of sp³-hybridized carbons (Fsp3) is 0.480. The predicted molar refractivity (Wildman–Crippen MR) is 134 cm³/mol. The number of piperidine rings is 1. The van der Waals surface area contributed by atoms with E-state index >= 15 is 0 Å². The number of anilines is 1. The van der Waals surface area contributed by atoms with Crippen LogP contribution in [0.15, 0.2) is 36.5 Å². The molecule has 2 saturated heterocycles. The minimum absolute atomic E-state index is 0.120. The largest absolute Gasteiger partial charge is 0.465 e. The summed E-state index contributed by atoms with van der Waals surface area (Å²) in [6.45, 7) is 3.20. The molecule has 2 aliphatic heterocycles. The number of hydrogen-bond donors (Lipinski definition) is 2. The molecule has 0 spiro atoms. The molecular formula is C25H27Cl2F3N4O3. The summed E-state index contributed by atoms with van der Waals surface area (Å²) in [7, 11) is 0. The lowest BCUT2D eigenvalue weighted by atomic mass is 9.71. The maximum absolute atomic E-state index is 14.2. The third-order valence-corrected chi connectivity index (χ3v) is 8.12. The predicted octanol–water partition coefficient (Wildman–Crippen LogP) is 5.32. The van der Waals surface area contributed by atoms with Crippen LogP contribution in [0.2, 0.25) is 10.0 Å². The molecule has 200 valence electrons. The van der Waals surface area contributed by atoms with Crippen molar-refractivity contribution >= 4 is 40.9 Å². The van der Waals surface area contributed by atoms with Gasteiger partial charge in [-0.2, -0.15) is 13.2 Å². The number of ketones is 1. The molecule has 2 aromatic rings. The summed E-state index contributed by atoms with van der Waals surface area (Å²) in [6, 6.07) is 7.41. The number of pyridine rings is 1. The zero-order valence-corrected chi connectivity index (χ0v) is 21.6. The minimum Gasteiger partial charge on any atom is -0.465 e. The number of aromatic nitrogens is 1. The fourth-order valence-corrected chi connectivity index (χ4v) is 5.86. The summed E-state index contributed by atoms with van der Waals surface area (Å²) in [5.74, 6) is -0.659. The van der Waals surface area contributed by atoms with Gasteiger partial charge in [0.2, 0.25) is 0 Å². The number of Topliss-reactive ketones (excluding diaryl/α,β-unsaturated/α-hetero) is 1. The third-order valence-electron chi connectivity index (χ3n) is 7.39. The molecule has 7 nitrogen and oxygen atoms in total. The van der Waals surface area contributed by atoms with Crippen molar-refractivity contribution < 1.29 is 27.9 Å². The second kappa shape index (κ2) is 10.7. The van der Waals surface area contributed by atoms with Gasteiger partial charge in [-0.25, -0.2) is 9.78 Å². The van der Waals surface area contributed by atoms with E-state index in [0.29, 0.717) is 48.3 Å². The highest BCUT2D eigenvalue weighted by molar-refractivity contribution is 6.42. The van der Waals surface area contributed by atoms with Gasteiger partial charge < -0.3 is 15.3 Å². The van der Waals surface area contributed by atoms with Gasteiger partial charge in [0.25, 0.3) is 0 Å². The molecule has 1 amide bonds. The van der Waals surface area contributed by atoms with E-state index in [9.17, 15) is 27.9 Å². The van der Waals surface area contributed by atoms with Gasteiger partial charge in [-0.15, -0.1) is 0 Å². The molecule has 2 atom stereocenters. The van der Waals surface area contributed by atoms with Crippen molar-refractivity contribution in [3.63, 3.8) is 0 Å². The topological polar surface area (TPSA) is 85.8 Å². The van der Waals surface area contributed by atoms with E-state index in [1.54, 1.807) is 25.1 Å². The van der Waals surface area contributed by atoms with Crippen LogP contribution in [0.1, 0.15) is 36.8 Å². The van der Waals surface area contributed by atoms with E-state index < -0.39 is 35.2 Å². The number of rotatable bonds is 6. The third kappa shape index (κ3) is 5.24. The minimum atomic E-state index is -4.46. The van der Waals surface area contributed by atoms with Crippen LogP contribution in [-0.4, -0.2) is 65.1 Å². The number of carboxylic acid groups (broad SMARTS) is 1. The Labute approximate surface area is 222 Å². The van der Waals surface area contributed by atoms with Gasteiger partial charge in [-0.3, -0.25) is 9.69 Å². The van der Waals surface area contributed by atoms with E-state index in [1.165, 1.54) is 11.0 Å². The second-order valence-electron chi connectivity index (χ2n) is 9.34. The lowest BCUT2D eigenvalue weighted by molar-refractivity contribution is -0.138. The first-order valence-electron chi connectivity index (χ1n) is 12.0. The molecule has 0 aliphatic carbocycles. The number of halogens is 5. The molecule has 2 fully saturated rings. The Morgan fingerprint density at radius 3 is 2.43 bits per heavy atom. The van der Waals surface area contributed by atoms with Crippen LogP contribution in [0.3, 0.4) is 0 Å². The normalized spacial score (nSPS) is 22.8. The smallest absolute Gasteiger partial charge is 0.417 e. The average molecular weight is 559 g/mol. The number of nitrogens with zero attached hydrogens (tertiary/aromatic N) is 3. The van der Waals surface area contributed by atoms with Crippen LogP contribution in [0.25, 0.3) is 0 Å². The first kappa shape index (κ1) is 27.5. The molecule has 0 unspecified atom stereocenters. The monoisotopic (exact) mass is 558 g/mol. The van der Waals surface area contributed by atoms with Gasteiger partial charge in [-0.05, 0) is 49.6 Å². The molecule has 37 heavy (non-hydrogen) atoms. The standard InChI is InChI=1S/C25H27Cl2F3N4O3/c1-2-34(23(36)37)24(14-31-13-18(24)16-3-5-19(26)20(27)11-16)22(35)15-7-9-33(10-8-15)21-6-4-17(12-32-21)25(28,29)30/h3-6,11-12,15,18,31H,2,7-10,13-14H2,1H3,(H,36,37)/t18-,24+/m0/s1. The maximum atomic E-state index is 14.2. The maximum Gasteiger partial charge on any atom is 0.417 e. The number of carbonyl (C=O) groups excluding carboxylic acids is 1. The molecule has 1 aromatic heterocycles.